The molecule has 0 saturated carbocycles. The van der Waals surface area contributed by atoms with E-state index in [9.17, 15) is 4.79 Å². The van der Waals surface area contributed by atoms with E-state index in [1.54, 1.807) is 6.07 Å². The SMILES string of the molecule is O=c1[nH]c(-c2c(Cl)cncc2Cl)nc2c1oc1ccc(Br)cc12. The molecule has 1 aromatic carbocycles. The van der Waals surface area contributed by atoms with Crippen molar-refractivity contribution in [2.75, 3.05) is 0 Å². The van der Waals surface area contributed by atoms with E-state index in [0.29, 0.717) is 26.7 Å². The second kappa shape index (κ2) is 5.33. The average molecular weight is 411 g/mol. The van der Waals surface area contributed by atoms with Crippen molar-refractivity contribution in [3.05, 3.63) is 55.5 Å². The van der Waals surface area contributed by atoms with Crippen molar-refractivity contribution in [1.29, 1.82) is 0 Å². The van der Waals surface area contributed by atoms with Crippen LogP contribution in [0.1, 0.15) is 0 Å². The number of hydrogen-bond acceptors (Lipinski definition) is 4. The number of rotatable bonds is 1. The van der Waals surface area contributed by atoms with Crippen molar-refractivity contribution in [1.82, 2.24) is 15.0 Å². The maximum atomic E-state index is 12.3. The predicted molar refractivity (Wildman–Crippen MR) is 93.1 cm³/mol. The largest absolute Gasteiger partial charge is 0.449 e. The maximum absolute atomic E-state index is 12.3. The lowest BCUT2D eigenvalue weighted by molar-refractivity contribution is 0.661. The first-order valence-corrected chi connectivity index (χ1v) is 8.01. The number of furan rings is 1. The topological polar surface area (TPSA) is 71.8 Å². The molecule has 114 valence electrons. The van der Waals surface area contributed by atoms with Gasteiger partial charge in [-0.15, -0.1) is 0 Å². The molecule has 0 spiro atoms. The second-order valence-corrected chi connectivity index (χ2v) is 6.54. The van der Waals surface area contributed by atoms with E-state index in [0.717, 1.165) is 9.86 Å². The molecule has 4 rings (SSSR count). The lowest BCUT2D eigenvalue weighted by Crippen LogP contribution is -2.08. The summed E-state index contributed by atoms with van der Waals surface area (Å²) in [6.45, 7) is 0. The Morgan fingerprint density at radius 3 is 2.65 bits per heavy atom. The van der Waals surface area contributed by atoms with Crippen LogP contribution < -0.4 is 5.56 Å². The molecule has 0 aliphatic rings. The molecule has 5 nitrogen and oxygen atoms in total. The van der Waals surface area contributed by atoms with Crippen LogP contribution in [-0.2, 0) is 0 Å². The Morgan fingerprint density at radius 1 is 1.17 bits per heavy atom. The molecule has 0 fully saturated rings. The highest BCUT2D eigenvalue weighted by Crippen LogP contribution is 2.33. The van der Waals surface area contributed by atoms with E-state index in [1.165, 1.54) is 12.4 Å². The molecular weight excluding hydrogens is 405 g/mol. The summed E-state index contributed by atoms with van der Waals surface area (Å²) in [6, 6.07) is 5.44. The first-order valence-electron chi connectivity index (χ1n) is 6.46. The monoisotopic (exact) mass is 409 g/mol. The molecule has 0 unspecified atom stereocenters. The number of pyridine rings is 1. The zero-order valence-corrected chi connectivity index (χ0v) is 14.3. The quantitative estimate of drug-likeness (QED) is 0.489. The molecule has 0 atom stereocenters. The molecule has 1 N–H and O–H groups in total. The summed E-state index contributed by atoms with van der Waals surface area (Å²) in [5.41, 5.74) is 1.20. The summed E-state index contributed by atoms with van der Waals surface area (Å²) >= 11 is 15.7. The Labute approximate surface area is 147 Å². The van der Waals surface area contributed by atoms with Gasteiger partial charge in [0.05, 0.1) is 15.6 Å². The molecule has 8 heteroatoms. The van der Waals surface area contributed by atoms with Gasteiger partial charge in [-0.1, -0.05) is 39.1 Å². The number of aromatic amines is 1. The van der Waals surface area contributed by atoms with Crippen LogP contribution in [0.3, 0.4) is 0 Å². The standard InChI is InChI=1S/C15H6BrCl2N3O2/c16-6-1-2-10-7(3-6)12-13(23-10)15(22)21-14(20-12)11-8(17)4-19-5-9(11)18/h1-5H,(H,20,21,22). The zero-order valence-electron chi connectivity index (χ0n) is 11.2. The number of aromatic nitrogens is 3. The van der Waals surface area contributed by atoms with Gasteiger partial charge in [0, 0.05) is 22.3 Å². The van der Waals surface area contributed by atoms with Crippen LogP contribution in [0.15, 0.2) is 44.3 Å². The number of H-pyrrole nitrogens is 1. The minimum atomic E-state index is -0.402. The Kier molecular flexibility index (Phi) is 3.41. The van der Waals surface area contributed by atoms with Crippen LogP contribution >= 0.6 is 39.1 Å². The first kappa shape index (κ1) is 14.7. The van der Waals surface area contributed by atoms with Crippen molar-refractivity contribution in [2.45, 2.75) is 0 Å². The third-order valence-corrected chi connectivity index (χ3v) is 4.44. The van der Waals surface area contributed by atoms with Crippen molar-refractivity contribution in [3.63, 3.8) is 0 Å². The Hall–Kier alpha value is -1.89. The second-order valence-electron chi connectivity index (χ2n) is 4.81. The summed E-state index contributed by atoms with van der Waals surface area (Å²) in [4.78, 5) is 23.4. The van der Waals surface area contributed by atoms with Gasteiger partial charge < -0.3 is 9.40 Å². The Morgan fingerprint density at radius 2 is 1.91 bits per heavy atom. The van der Waals surface area contributed by atoms with Gasteiger partial charge in [0.2, 0.25) is 5.58 Å². The van der Waals surface area contributed by atoms with Crippen LogP contribution in [0.2, 0.25) is 10.0 Å². The number of fused-ring (bicyclic) bond motifs is 3. The Balaban J connectivity index is 2.12. The lowest BCUT2D eigenvalue weighted by atomic mass is 10.2. The first-order chi connectivity index (χ1) is 11.0. The molecule has 0 amide bonds. The number of nitrogens with one attached hydrogen (secondary N) is 1. The van der Waals surface area contributed by atoms with Gasteiger partial charge in [-0.25, -0.2) is 4.98 Å². The average Bonchev–Trinajstić information content (AvgIpc) is 2.86. The fourth-order valence-corrected chi connectivity index (χ4v) is 3.29. The molecule has 3 aromatic heterocycles. The third kappa shape index (κ3) is 2.34. The van der Waals surface area contributed by atoms with Gasteiger partial charge in [0.15, 0.2) is 0 Å². The maximum Gasteiger partial charge on any atom is 0.294 e. The molecule has 3 heterocycles. The molecule has 0 bridgehead atoms. The van der Waals surface area contributed by atoms with E-state index >= 15 is 0 Å². The number of nitrogens with zero attached hydrogens (tertiary/aromatic N) is 2. The number of halogens is 3. The highest BCUT2D eigenvalue weighted by Gasteiger charge is 2.17. The van der Waals surface area contributed by atoms with Gasteiger partial charge in [-0.3, -0.25) is 9.78 Å². The number of hydrogen-bond donors (Lipinski definition) is 1. The third-order valence-electron chi connectivity index (χ3n) is 3.38. The summed E-state index contributed by atoms with van der Waals surface area (Å²) in [5.74, 6) is 0.266. The van der Waals surface area contributed by atoms with E-state index in [1.807, 2.05) is 12.1 Å². The van der Waals surface area contributed by atoms with Gasteiger partial charge in [-0.2, -0.15) is 0 Å². The van der Waals surface area contributed by atoms with E-state index in [4.69, 9.17) is 27.6 Å². The van der Waals surface area contributed by atoms with Crippen LogP contribution in [0.25, 0.3) is 33.5 Å². The van der Waals surface area contributed by atoms with Crippen molar-refractivity contribution >= 4 is 61.2 Å². The van der Waals surface area contributed by atoms with Gasteiger partial charge in [-0.05, 0) is 18.2 Å². The zero-order chi connectivity index (χ0) is 16.1. The van der Waals surface area contributed by atoms with Gasteiger partial charge in [0.25, 0.3) is 5.56 Å². The summed E-state index contributed by atoms with van der Waals surface area (Å²) in [5, 5.41) is 1.32. The molecule has 4 aromatic rings. The highest BCUT2D eigenvalue weighted by molar-refractivity contribution is 9.10. The minimum Gasteiger partial charge on any atom is -0.449 e. The normalized spacial score (nSPS) is 11.4. The fraction of sp³-hybridized carbons (Fsp3) is 0. The van der Waals surface area contributed by atoms with Crippen LogP contribution in [-0.4, -0.2) is 15.0 Å². The fourth-order valence-electron chi connectivity index (χ4n) is 2.38. The summed E-state index contributed by atoms with van der Waals surface area (Å²) in [6.07, 6.45) is 2.88. The molecule has 23 heavy (non-hydrogen) atoms. The Bertz CT molecular complexity index is 1120. The molecule has 0 radical (unpaired) electrons. The predicted octanol–water partition coefficient (Wildman–Crippen LogP) is 4.80. The van der Waals surface area contributed by atoms with Crippen molar-refractivity contribution < 1.29 is 4.42 Å². The smallest absolute Gasteiger partial charge is 0.294 e. The van der Waals surface area contributed by atoms with E-state index < -0.39 is 5.56 Å². The van der Waals surface area contributed by atoms with Gasteiger partial charge >= 0.3 is 0 Å². The summed E-state index contributed by atoms with van der Waals surface area (Å²) < 4.78 is 6.44. The van der Waals surface area contributed by atoms with Crippen molar-refractivity contribution in [3.8, 4) is 11.4 Å². The highest BCUT2D eigenvalue weighted by atomic mass is 79.9. The molecule has 0 aliphatic carbocycles. The van der Waals surface area contributed by atoms with Crippen molar-refractivity contribution in [2.24, 2.45) is 0 Å². The van der Waals surface area contributed by atoms with Crippen LogP contribution in [0.5, 0.6) is 0 Å². The minimum absolute atomic E-state index is 0.156. The van der Waals surface area contributed by atoms with E-state index in [2.05, 4.69) is 30.9 Å². The molecule has 0 aliphatic heterocycles. The van der Waals surface area contributed by atoms with Crippen LogP contribution in [0, 0.1) is 0 Å². The van der Waals surface area contributed by atoms with E-state index in [-0.39, 0.29) is 11.4 Å². The number of benzene rings is 1. The lowest BCUT2D eigenvalue weighted by Gasteiger charge is -2.05. The molecular formula is C15H6BrCl2N3O2. The van der Waals surface area contributed by atoms with Gasteiger partial charge in [0.1, 0.15) is 16.9 Å². The van der Waals surface area contributed by atoms with Crippen LogP contribution in [0.4, 0.5) is 0 Å². The summed E-state index contributed by atoms with van der Waals surface area (Å²) in [7, 11) is 0. The molecule has 0 saturated heterocycles.